The molecule has 32 heavy (non-hydrogen) atoms. The number of likely N-dealkylation sites (N-methyl/N-ethyl adjacent to an activating group) is 1. The number of aromatic nitrogens is 3. The van der Waals surface area contributed by atoms with E-state index in [0.29, 0.717) is 0 Å². The Balaban J connectivity index is 1.47. The number of thiazole rings is 1. The molecule has 0 bridgehead atoms. The fourth-order valence-electron chi connectivity index (χ4n) is 3.50. The van der Waals surface area contributed by atoms with Gasteiger partial charge in [0.15, 0.2) is 10.8 Å². The molecule has 2 aromatic heterocycles. The number of amides is 1. The molecule has 0 unspecified atom stereocenters. The number of ether oxygens (including phenoxy) is 1. The second-order valence-electron chi connectivity index (χ2n) is 7.90. The molecule has 1 atom stereocenters. The van der Waals surface area contributed by atoms with Crippen LogP contribution in [-0.4, -0.2) is 41.4 Å². The average Bonchev–Trinajstić information content (AvgIpc) is 3.35. The van der Waals surface area contributed by atoms with Crippen molar-refractivity contribution in [3.63, 3.8) is 0 Å². The number of benzene rings is 2. The predicted molar refractivity (Wildman–Crippen MR) is 129 cm³/mol. The molecule has 0 saturated carbocycles. The Hall–Kier alpha value is -3.39. The molecule has 2 heterocycles. The molecule has 1 N–H and O–H groups in total. The number of hydrogen-bond donors (Lipinski definition) is 1. The van der Waals surface area contributed by atoms with Crippen LogP contribution in [0, 0.1) is 13.8 Å². The standard InChI is InChI=1S/C24H27N5O2S/c1-15-6-10-19(11-7-15)29-23-22(17(3)27-29)32-24(26-23)28(4)14-21(30)25-16(2)18-8-12-20(31-5)13-9-18/h6-13,16H,14H2,1-5H3,(H,25,30)/t16-/m0/s1. The highest BCUT2D eigenvalue weighted by molar-refractivity contribution is 7.22. The smallest absolute Gasteiger partial charge is 0.240 e. The van der Waals surface area contributed by atoms with Gasteiger partial charge in [-0.25, -0.2) is 4.68 Å². The molecule has 0 aliphatic rings. The second kappa shape index (κ2) is 9.00. The van der Waals surface area contributed by atoms with Crippen LogP contribution in [0.2, 0.25) is 0 Å². The summed E-state index contributed by atoms with van der Waals surface area (Å²) in [6.07, 6.45) is 0. The van der Waals surface area contributed by atoms with Gasteiger partial charge in [0.1, 0.15) is 5.75 Å². The van der Waals surface area contributed by atoms with E-state index in [1.54, 1.807) is 18.4 Å². The Morgan fingerprint density at radius 2 is 1.84 bits per heavy atom. The lowest BCUT2D eigenvalue weighted by Crippen LogP contribution is -2.36. The Morgan fingerprint density at radius 1 is 1.16 bits per heavy atom. The van der Waals surface area contributed by atoms with Crippen LogP contribution < -0.4 is 15.0 Å². The molecule has 0 saturated heterocycles. The Kier molecular flexibility index (Phi) is 6.14. The molecule has 2 aromatic carbocycles. The number of anilines is 1. The normalized spacial score (nSPS) is 12.0. The van der Waals surface area contributed by atoms with Crippen molar-refractivity contribution in [3.05, 3.63) is 65.4 Å². The maximum Gasteiger partial charge on any atom is 0.240 e. The van der Waals surface area contributed by atoms with Crippen molar-refractivity contribution in [2.75, 3.05) is 25.6 Å². The van der Waals surface area contributed by atoms with Gasteiger partial charge in [-0.05, 0) is 50.6 Å². The number of hydrogen-bond acceptors (Lipinski definition) is 6. The van der Waals surface area contributed by atoms with Gasteiger partial charge in [-0.1, -0.05) is 41.2 Å². The number of fused-ring (bicyclic) bond motifs is 1. The van der Waals surface area contributed by atoms with Crippen LogP contribution in [0.1, 0.15) is 29.8 Å². The fraction of sp³-hybridized carbons (Fsp3) is 0.292. The van der Waals surface area contributed by atoms with Crippen molar-refractivity contribution >= 4 is 32.7 Å². The SMILES string of the molecule is COc1ccc([C@H](C)NC(=O)CN(C)c2nc3c(s2)c(C)nn3-c2ccc(C)cc2)cc1. The second-order valence-corrected chi connectivity index (χ2v) is 8.88. The van der Waals surface area contributed by atoms with Gasteiger partial charge in [0, 0.05) is 7.05 Å². The lowest BCUT2D eigenvalue weighted by atomic mass is 10.1. The molecule has 0 aliphatic heterocycles. The van der Waals surface area contributed by atoms with Crippen LogP contribution in [0.4, 0.5) is 5.13 Å². The van der Waals surface area contributed by atoms with E-state index in [9.17, 15) is 4.79 Å². The summed E-state index contributed by atoms with van der Waals surface area (Å²) in [6.45, 7) is 6.23. The number of methoxy groups -OCH3 is 1. The quantitative estimate of drug-likeness (QED) is 0.452. The van der Waals surface area contributed by atoms with Gasteiger partial charge in [0.2, 0.25) is 5.91 Å². The molecule has 4 rings (SSSR count). The van der Waals surface area contributed by atoms with Gasteiger partial charge in [-0.15, -0.1) is 0 Å². The van der Waals surface area contributed by atoms with Gasteiger partial charge in [0.25, 0.3) is 0 Å². The van der Waals surface area contributed by atoms with E-state index < -0.39 is 0 Å². The number of nitrogens with one attached hydrogen (secondary N) is 1. The van der Waals surface area contributed by atoms with Crippen molar-refractivity contribution in [2.24, 2.45) is 0 Å². The third-order valence-corrected chi connectivity index (χ3v) is 6.62. The topological polar surface area (TPSA) is 72.3 Å². The minimum atomic E-state index is -0.102. The number of carbonyl (C=O) groups is 1. The van der Waals surface area contributed by atoms with E-state index >= 15 is 0 Å². The molecule has 0 radical (unpaired) electrons. The van der Waals surface area contributed by atoms with Gasteiger partial charge in [-0.2, -0.15) is 10.1 Å². The van der Waals surface area contributed by atoms with Gasteiger partial charge in [-0.3, -0.25) is 4.79 Å². The van der Waals surface area contributed by atoms with Crippen LogP contribution >= 0.6 is 11.3 Å². The monoisotopic (exact) mass is 449 g/mol. The average molecular weight is 450 g/mol. The molecule has 1 amide bonds. The Labute approximate surface area is 191 Å². The van der Waals surface area contributed by atoms with Crippen LogP contribution in [0.15, 0.2) is 48.5 Å². The summed E-state index contributed by atoms with van der Waals surface area (Å²) >= 11 is 1.55. The van der Waals surface area contributed by atoms with Gasteiger partial charge < -0.3 is 15.0 Å². The number of nitrogens with zero attached hydrogens (tertiary/aromatic N) is 4. The third-order valence-electron chi connectivity index (χ3n) is 5.36. The van der Waals surface area contributed by atoms with Crippen LogP contribution in [-0.2, 0) is 4.79 Å². The van der Waals surface area contributed by atoms with Crippen molar-refractivity contribution in [3.8, 4) is 11.4 Å². The highest BCUT2D eigenvalue weighted by Crippen LogP contribution is 2.32. The molecule has 0 aliphatic carbocycles. The fourth-order valence-corrected chi connectivity index (χ4v) is 4.45. The number of carbonyl (C=O) groups excluding carboxylic acids is 1. The van der Waals surface area contributed by atoms with E-state index in [4.69, 9.17) is 9.72 Å². The van der Waals surface area contributed by atoms with Crippen LogP contribution in [0.3, 0.4) is 0 Å². The number of rotatable bonds is 7. The largest absolute Gasteiger partial charge is 0.497 e. The number of aryl methyl sites for hydroxylation is 2. The molecule has 8 heteroatoms. The molecular formula is C24H27N5O2S. The van der Waals surface area contributed by atoms with E-state index in [1.807, 2.05) is 66.9 Å². The Bertz CT molecular complexity index is 1230. The van der Waals surface area contributed by atoms with Crippen molar-refractivity contribution in [1.82, 2.24) is 20.1 Å². The van der Waals surface area contributed by atoms with Crippen molar-refractivity contribution in [2.45, 2.75) is 26.8 Å². The van der Waals surface area contributed by atoms with Crippen LogP contribution in [0.5, 0.6) is 5.75 Å². The third kappa shape index (κ3) is 4.45. The maximum atomic E-state index is 12.7. The predicted octanol–water partition coefficient (Wildman–Crippen LogP) is 4.42. The molecule has 4 aromatic rings. The summed E-state index contributed by atoms with van der Waals surface area (Å²) in [5.74, 6) is 0.731. The first-order valence-electron chi connectivity index (χ1n) is 10.4. The summed E-state index contributed by atoms with van der Waals surface area (Å²) < 4.78 is 8.09. The van der Waals surface area contributed by atoms with E-state index in [1.165, 1.54) is 5.56 Å². The lowest BCUT2D eigenvalue weighted by molar-refractivity contribution is -0.120. The highest BCUT2D eigenvalue weighted by atomic mass is 32.1. The minimum Gasteiger partial charge on any atom is -0.497 e. The molecule has 0 fully saturated rings. The zero-order valence-electron chi connectivity index (χ0n) is 18.9. The van der Waals surface area contributed by atoms with E-state index in [0.717, 1.165) is 38.2 Å². The zero-order valence-corrected chi connectivity index (χ0v) is 19.7. The zero-order chi connectivity index (χ0) is 22.8. The molecule has 166 valence electrons. The van der Waals surface area contributed by atoms with Crippen molar-refractivity contribution < 1.29 is 9.53 Å². The summed E-state index contributed by atoms with van der Waals surface area (Å²) in [5.41, 5.74) is 4.93. The molecular weight excluding hydrogens is 422 g/mol. The first-order chi connectivity index (χ1) is 15.4. The van der Waals surface area contributed by atoms with Crippen LogP contribution in [0.25, 0.3) is 16.0 Å². The summed E-state index contributed by atoms with van der Waals surface area (Å²) in [7, 11) is 3.52. The Morgan fingerprint density at radius 3 is 2.50 bits per heavy atom. The van der Waals surface area contributed by atoms with E-state index in [-0.39, 0.29) is 18.5 Å². The lowest BCUT2D eigenvalue weighted by Gasteiger charge is -2.19. The first kappa shape index (κ1) is 21.8. The van der Waals surface area contributed by atoms with E-state index in [2.05, 4.69) is 29.5 Å². The first-order valence-corrected chi connectivity index (χ1v) is 11.2. The summed E-state index contributed by atoms with van der Waals surface area (Å²) in [6, 6.07) is 15.8. The van der Waals surface area contributed by atoms with Gasteiger partial charge >= 0.3 is 0 Å². The maximum absolute atomic E-state index is 12.7. The summed E-state index contributed by atoms with van der Waals surface area (Å²) in [5, 5.41) is 8.49. The minimum absolute atomic E-state index is 0.0630. The molecule has 0 spiro atoms. The van der Waals surface area contributed by atoms with Crippen molar-refractivity contribution in [1.29, 1.82) is 0 Å². The summed E-state index contributed by atoms with van der Waals surface area (Å²) in [4.78, 5) is 19.3. The molecule has 7 nitrogen and oxygen atoms in total. The highest BCUT2D eigenvalue weighted by Gasteiger charge is 2.19. The van der Waals surface area contributed by atoms with Gasteiger partial charge in [0.05, 0.1) is 35.8 Å².